The lowest BCUT2D eigenvalue weighted by molar-refractivity contribution is 0.0627. The number of hydrogen-bond donors (Lipinski definition) is 1. The lowest BCUT2D eigenvalue weighted by Crippen LogP contribution is -2.48. The maximum Gasteiger partial charge on any atom is 0.261 e. The van der Waals surface area contributed by atoms with Gasteiger partial charge in [-0.25, -0.2) is 13.4 Å². The zero-order chi connectivity index (χ0) is 23.5. The summed E-state index contributed by atoms with van der Waals surface area (Å²) in [5.41, 5.74) is 2.90. The smallest absolute Gasteiger partial charge is 0.261 e. The van der Waals surface area contributed by atoms with E-state index < -0.39 is 10.0 Å². The number of amides is 1. The Labute approximate surface area is 198 Å². The first-order valence-corrected chi connectivity index (χ1v) is 12.6. The fraction of sp³-hybridized carbons (Fsp3) is 0.200. The Kier molecular flexibility index (Phi) is 6.04. The number of piperazine rings is 1. The molecule has 4 aromatic rings. The molecule has 0 unspecified atom stereocenters. The summed E-state index contributed by atoms with van der Waals surface area (Å²) in [7, 11) is -3.67. The first kappa shape index (κ1) is 22.1. The molecule has 1 fully saturated rings. The Balaban J connectivity index is 1.17. The number of nitrogens with zero attached hydrogens (tertiary/aromatic N) is 4. The van der Waals surface area contributed by atoms with Gasteiger partial charge in [-0.05, 0) is 48.5 Å². The number of carbonyl (C=O) groups excluding carboxylic acids is 1. The highest BCUT2D eigenvalue weighted by Crippen LogP contribution is 2.18. The molecule has 0 spiro atoms. The summed E-state index contributed by atoms with van der Waals surface area (Å²) in [4.78, 5) is 21.9. The van der Waals surface area contributed by atoms with E-state index in [-0.39, 0.29) is 10.8 Å². The molecule has 1 amide bonds. The summed E-state index contributed by atoms with van der Waals surface area (Å²) in [6, 6.07) is 20.7. The molecule has 5 rings (SSSR count). The van der Waals surface area contributed by atoms with Crippen LogP contribution in [0.15, 0.2) is 90.1 Å². The highest BCUT2D eigenvalue weighted by molar-refractivity contribution is 7.92. The van der Waals surface area contributed by atoms with Crippen molar-refractivity contribution < 1.29 is 13.2 Å². The van der Waals surface area contributed by atoms with Crippen molar-refractivity contribution in [2.24, 2.45) is 0 Å². The molecule has 0 aliphatic carbocycles. The third kappa shape index (κ3) is 4.80. The molecule has 1 aliphatic rings. The van der Waals surface area contributed by atoms with Gasteiger partial charge in [-0.1, -0.05) is 24.3 Å². The molecule has 3 heterocycles. The number of sulfonamides is 1. The summed E-state index contributed by atoms with van der Waals surface area (Å²) in [6.45, 7) is 3.56. The zero-order valence-electron chi connectivity index (χ0n) is 18.5. The monoisotopic (exact) mass is 475 g/mol. The second-order valence-electron chi connectivity index (χ2n) is 8.26. The largest absolute Gasteiger partial charge is 0.336 e. The minimum absolute atomic E-state index is 0.0511. The quantitative estimate of drug-likeness (QED) is 0.463. The number of nitrogens with one attached hydrogen (secondary N) is 1. The van der Waals surface area contributed by atoms with Gasteiger partial charge in [-0.15, -0.1) is 0 Å². The maximum absolute atomic E-state index is 13.0. The van der Waals surface area contributed by atoms with Gasteiger partial charge in [0.15, 0.2) is 0 Å². The summed E-state index contributed by atoms with van der Waals surface area (Å²) in [6.07, 6.45) is 4.03. The fourth-order valence-corrected chi connectivity index (χ4v) is 5.16. The van der Waals surface area contributed by atoms with Gasteiger partial charge >= 0.3 is 0 Å². The number of hydrogen-bond acceptors (Lipinski definition) is 5. The molecule has 34 heavy (non-hydrogen) atoms. The first-order valence-electron chi connectivity index (χ1n) is 11.1. The van der Waals surface area contributed by atoms with E-state index >= 15 is 0 Å². The van der Waals surface area contributed by atoms with Gasteiger partial charge in [0.2, 0.25) is 0 Å². The molecule has 1 aliphatic heterocycles. The number of imidazole rings is 1. The van der Waals surface area contributed by atoms with Gasteiger partial charge in [-0.3, -0.25) is 14.4 Å². The van der Waals surface area contributed by atoms with Gasteiger partial charge in [0, 0.05) is 56.4 Å². The second-order valence-corrected chi connectivity index (χ2v) is 9.94. The molecule has 0 bridgehead atoms. The van der Waals surface area contributed by atoms with Crippen LogP contribution in [0.5, 0.6) is 0 Å². The highest BCUT2D eigenvalue weighted by atomic mass is 32.2. The molecule has 174 valence electrons. The summed E-state index contributed by atoms with van der Waals surface area (Å²) < 4.78 is 29.5. The molecule has 1 N–H and O–H groups in total. The van der Waals surface area contributed by atoms with Crippen LogP contribution in [0.2, 0.25) is 0 Å². The van der Waals surface area contributed by atoms with Crippen molar-refractivity contribution in [1.29, 1.82) is 0 Å². The number of aromatic nitrogens is 2. The number of rotatable bonds is 6. The molecule has 9 heteroatoms. The summed E-state index contributed by atoms with van der Waals surface area (Å²) in [5, 5.41) is 0. The van der Waals surface area contributed by atoms with Crippen LogP contribution in [0.25, 0.3) is 5.65 Å². The third-order valence-electron chi connectivity index (χ3n) is 5.90. The van der Waals surface area contributed by atoms with E-state index in [4.69, 9.17) is 0 Å². The van der Waals surface area contributed by atoms with Crippen LogP contribution in [0.4, 0.5) is 5.69 Å². The van der Waals surface area contributed by atoms with E-state index in [9.17, 15) is 13.2 Å². The topological polar surface area (TPSA) is 87.0 Å². The van der Waals surface area contributed by atoms with Crippen LogP contribution >= 0.6 is 0 Å². The molecule has 0 saturated carbocycles. The summed E-state index contributed by atoms with van der Waals surface area (Å²) >= 11 is 0. The van der Waals surface area contributed by atoms with E-state index in [0.717, 1.165) is 31.0 Å². The highest BCUT2D eigenvalue weighted by Gasteiger charge is 2.23. The lowest BCUT2D eigenvalue weighted by atomic mass is 10.1. The molecular formula is C25H25N5O3S. The van der Waals surface area contributed by atoms with Gasteiger partial charge < -0.3 is 9.30 Å². The molecular weight excluding hydrogens is 450 g/mol. The number of fused-ring (bicyclic) bond motifs is 1. The zero-order valence-corrected chi connectivity index (χ0v) is 19.4. The number of benzene rings is 2. The van der Waals surface area contributed by atoms with Crippen LogP contribution in [0.1, 0.15) is 16.1 Å². The van der Waals surface area contributed by atoms with Crippen molar-refractivity contribution in [3.05, 3.63) is 96.4 Å². The molecule has 1 saturated heterocycles. The van der Waals surface area contributed by atoms with Gasteiger partial charge in [0.25, 0.3) is 15.9 Å². The van der Waals surface area contributed by atoms with Gasteiger partial charge in [0.1, 0.15) is 5.65 Å². The van der Waals surface area contributed by atoms with Gasteiger partial charge in [0.05, 0.1) is 10.6 Å². The van der Waals surface area contributed by atoms with Crippen molar-refractivity contribution >= 4 is 27.3 Å². The maximum atomic E-state index is 13.0. The minimum atomic E-state index is -3.67. The van der Waals surface area contributed by atoms with Crippen LogP contribution in [-0.4, -0.2) is 59.7 Å². The number of pyridine rings is 1. The van der Waals surface area contributed by atoms with Gasteiger partial charge in [-0.2, -0.15) is 0 Å². The van der Waals surface area contributed by atoms with E-state index in [1.54, 1.807) is 42.5 Å². The predicted octanol–water partition coefficient (Wildman–Crippen LogP) is 3.09. The van der Waals surface area contributed by atoms with Crippen LogP contribution in [0.3, 0.4) is 0 Å². The molecule has 0 atom stereocenters. The van der Waals surface area contributed by atoms with Crippen molar-refractivity contribution in [3.8, 4) is 0 Å². The first-order chi connectivity index (χ1) is 16.5. The van der Waals surface area contributed by atoms with Crippen molar-refractivity contribution in [2.75, 3.05) is 30.9 Å². The molecule has 2 aromatic carbocycles. The van der Waals surface area contributed by atoms with Crippen molar-refractivity contribution in [1.82, 2.24) is 19.2 Å². The predicted molar refractivity (Wildman–Crippen MR) is 130 cm³/mol. The molecule has 2 aromatic heterocycles. The van der Waals surface area contributed by atoms with E-state index in [1.165, 1.54) is 12.1 Å². The Hall–Kier alpha value is -3.69. The average molecular weight is 476 g/mol. The number of anilines is 1. The average Bonchev–Trinajstić information content (AvgIpc) is 3.27. The Morgan fingerprint density at radius 2 is 1.59 bits per heavy atom. The second kappa shape index (κ2) is 9.28. The van der Waals surface area contributed by atoms with E-state index in [2.05, 4.69) is 14.6 Å². The normalized spacial score (nSPS) is 14.9. The number of carbonyl (C=O) groups is 1. The van der Waals surface area contributed by atoms with Crippen molar-refractivity contribution in [2.45, 2.75) is 11.4 Å². The Morgan fingerprint density at radius 3 is 2.29 bits per heavy atom. The van der Waals surface area contributed by atoms with Crippen LogP contribution in [-0.2, 0) is 16.6 Å². The SMILES string of the molecule is O=C(c1ccc(NS(=O)(=O)c2ccccc2)cc1)N1CCN(Cc2cn3ccccc3n2)CC1. The summed E-state index contributed by atoms with van der Waals surface area (Å²) in [5.74, 6) is -0.0511. The molecule has 8 nitrogen and oxygen atoms in total. The molecule has 0 radical (unpaired) electrons. The standard InChI is InChI=1S/C25H25N5O3S/c31-25(20-9-11-21(12-10-20)27-34(32,33)23-6-2-1-3-7-23)29-16-14-28(15-17-29)18-22-19-30-13-5-4-8-24(30)26-22/h1-13,19,27H,14-18H2. The third-order valence-corrected chi connectivity index (χ3v) is 7.29. The van der Waals surface area contributed by atoms with Crippen molar-refractivity contribution in [3.63, 3.8) is 0 Å². The van der Waals surface area contributed by atoms with E-state index in [0.29, 0.717) is 24.3 Å². The van der Waals surface area contributed by atoms with Crippen LogP contribution in [0, 0.1) is 0 Å². The van der Waals surface area contributed by atoms with E-state index in [1.807, 2.05) is 39.9 Å². The van der Waals surface area contributed by atoms with Crippen LogP contribution < -0.4 is 4.72 Å². The Bertz CT molecular complexity index is 1360. The lowest BCUT2D eigenvalue weighted by Gasteiger charge is -2.34. The fourth-order valence-electron chi connectivity index (χ4n) is 4.08. The minimum Gasteiger partial charge on any atom is -0.336 e. The Morgan fingerprint density at radius 1 is 0.882 bits per heavy atom.